The largest absolute Gasteiger partial charge is 0.325 e. The number of nitrogens with one attached hydrogen (secondary N) is 2. The maximum absolute atomic E-state index is 11.6. The summed E-state index contributed by atoms with van der Waals surface area (Å²) >= 11 is 0. The minimum Gasteiger partial charge on any atom is -0.318 e. The first kappa shape index (κ1) is 12.0. The van der Waals surface area contributed by atoms with Crippen molar-refractivity contribution in [3.8, 4) is 0 Å². The number of likely N-dealkylation sites (N-methyl/N-ethyl adjacent to an activating group) is 1. The van der Waals surface area contributed by atoms with Gasteiger partial charge in [-0.15, -0.1) is 0 Å². The van der Waals surface area contributed by atoms with Crippen LogP contribution in [0.2, 0.25) is 0 Å². The molecular formula is C10H19N3O2. The summed E-state index contributed by atoms with van der Waals surface area (Å²) in [5.41, 5.74) is 0. The molecule has 86 valence electrons. The fourth-order valence-corrected chi connectivity index (χ4v) is 1.99. The maximum atomic E-state index is 11.6. The number of hydrogen-bond acceptors (Lipinski definition) is 3. The molecular weight excluding hydrogens is 194 g/mol. The number of imide groups is 1. The smallest absolute Gasteiger partial charge is 0.318 e. The van der Waals surface area contributed by atoms with Crippen LogP contribution in [0.4, 0.5) is 4.79 Å². The normalized spacial score (nSPS) is 23.5. The predicted octanol–water partition coefficient (Wildman–Crippen LogP) is 0.171. The van der Waals surface area contributed by atoms with Crippen LogP contribution in [-0.2, 0) is 4.79 Å². The Morgan fingerprint density at radius 2 is 2.00 bits per heavy atom. The molecule has 0 spiro atoms. The highest BCUT2D eigenvalue weighted by Gasteiger charge is 2.42. The standard InChI is InChI=1S/C10H19N3O2/c1-6(2)8-9(14)12-10(15)13(8)7(3)5-11-4/h6-8,11H,5H2,1-4H3,(H,12,14,15). The fraction of sp³-hybridized carbons (Fsp3) is 0.800. The van der Waals surface area contributed by atoms with E-state index in [-0.39, 0.29) is 29.9 Å². The fourth-order valence-electron chi connectivity index (χ4n) is 1.99. The molecule has 1 rings (SSSR count). The second-order valence-corrected chi connectivity index (χ2v) is 4.30. The molecule has 0 radical (unpaired) electrons. The van der Waals surface area contributed by atoms with Crippen LogP contribution in [0.3, 0.4) is 0 Å². The van der Waals surface area contributed by atoms with Gasteiger partial charge < -0.3 is 10.2 Å². The molecule has 2 N–H and O–H groups in total. The van der Waals surface area contributed by atoms with Crippen molar-refractivity contribution in [3.63, 3.8) is 0 Å². The first-order chi connectivity index (χ1) is 6.99. The average Bonchev–Trinajstić information content (AvgIpc) is 2.41. The van der Waals surface area contributed by atoms with Gasteiger partial charge >= 0.3 is 6.03 Å². The third kappa shape index (κ3) is 2.28. The Morgan fingerprint density at radius 3 is 2.47 bits per heavy atom. The van der Waals surface area contributed by atoms with E-state index in [1.807, 2.05) is 27.8 Å². The number of nitrogens with zero attached hydrogens (tertiary/aromatic N) is 1. The SMILES string of the molecule is CNCC(C)N1C(=O)NC(=O)C1C(C)C. The molecule has 1 aliphatic rings. The van der Waals surface area contributed by atoms with Crippen LogP contribution in [0.1, 0.15) is 20.8 Å². The van der Waals surface area contributed by atoms with Gasteiger partial charge in [-0.05, 0) is 19.9 Å². The van der Waals surface area contributed by atoms with Crippen LogP contribution in [0.15, 0.2) is 0 Å². The van der Waals surface area contributed by atoms with Crippen molar-refractivity contribution in [1.82, 2.24) is 15.5 Å². The second-order valence-electron chi connectivity index (χ2n) is 4.30. The lowest BCUT2D eigenvalue weighted by Crippen LogP contribution is -2.48. The van der Waals surface area contributed by atoms with Crippen molar-refractivity contribution in [2.75, 3.05) is 13.6 Å². The Bertz CT molecular complexity index is 265. The summed E-state index contributed by atoms with van der Waals surface area (Å²) in [7, 11) is 1.83. The Kier molecular flexibility index (Phi) is 3.68. The van der Waals surface area contributed by atoms with Crippen LogP contribution < -0.4 is 10.6 Å². The van der Waals surface area contributed by atoms with Crippen LogP contribution >= 0.6 is 0 Å². The van der Waals surface area contributed by atoms with Crippen molar-refractivity contribution in [2.45, 2.75) is 32.9 Å². The molecule has 1 heterocycles. The van der Waals surface area contributed by atoms with Gasteiger partial charge in [0.15, 0.2) is 0 Å². The first-order valence-electron chi connectivity index (χ1n) is 5.26. The highest BCUT2D eigenvalue weighted by molar-refractivity contribution is 6.04. The van der Waals surface area contributed by atoms with E-state index in [4.69, 9.17) is 0 Å². The molecule has 0 aromatic heterocycles. The summed E-state index contributed by atoms with van der Waals surface area (Å²) in [6.45, 7) is 6.51. The quantitative estimate of drug-likeness (QED) is 0.654. The van der Waals surface area contributed by atoms with Crippen molar-refractivity contribution >= 4 is 11.9 Å². The molecule has 1 fully saturated rings. The zero-order valence-electron chi connectivity index (χ0n) is 9.70. The molecule has 1 saturated heterocycles. The van der Waals surface area contributed by atoms with Gasteiger partial charge in [0, 0.05) is 12.6 Å². The van der Waals surface area contributed by atoms with E-state index >= 15 is 0 Å². The molecule has 0 aromatic rings. The lowest BCUT2D eigenvalue weighted by molar-refractivity contribution is -0.122. The molecule has 0 aliphatic carbocycles. The van der Waals surface area contributed by atoms with Crippen LogP contribution in [-0.4, -0.2) is 42.5 Å². The topological polar surface area (TPSA) is 61.4 Å². The van der Waals surface area contributed by atoms with Gasteiger partial charge in [-0.2, -0.15) is 0 Å². The van der Waals surface area contributed by atoms with Crippen molar-refractivity contribution in [2.24, 2.45) is 5.92 Å². The van der Waals surface area contributed by atoms with Crippen molar-refractivity contribution in [3.05, 3.63) is 0 Å². The average molecular weight is 213 g/mol. The predicted molar refractivity (Wildman–Crippen MR) is 57.4 cm³/mol. The monoisotopic (exact) mass is 213 g/mol. The zero-order valence-corrected chi connectivity index (χ0v) is 9.70. The second kappa shape index (κ2) is 4.61. The molecule has 5 nitrogen and oxygen atoms in total. The number of carbonyl (C=O) groups is 2. The van der Waals surface area contributed by atoms with Crippen molar-refractivity contribution in [1.29, 1.82) is 0 Å². The number of rotatable bonds is 4. The molecule has 0 saturated carbocycles. The van der Waals surface area contributed by atoms with Gasteiger partial charge in [-0.3, -0.25) is 10.1 Å². The summed E-state index contributed by atoms with van der Waals surface area (Å²) in [5, 5.41) is 5.36. The summed E-state index contributed by atoms with van der Waals surface area (Å²) in [5.74, 6) is -0.0475. The van der Waals surface area contributed by atoms with Gasteiger partial charge in [-0.25, -0.2) is 4.79 Å². The highest BCUT2D eigenvalue weighted by atomic mass is 16.2. The van der Waals surface area contributed by atoms with Crippen LogP contribution in [0, 0.1) is 5.92 Å². The van der Waals surface area contributed by atoms with E-state index < -0.39 is 0 Å². The van der Waals surface area contributed by atoms with Gasteiger partial charge in [0.1, 0.15) is 6.04 Å². The number of hydrogen-bond donors (Lipinski definition) is 2. The Balaban J connectivity index is 2.83. The summed E-state index contributed by atoms with van der Waals surface area (Å²) in [6.07, 6.45) is 0. The Morgan fingerprint density at radius 1 is 1.40 bits per heavy atom. The first-order valence-corrected chi connectivity index (χ1v) is 5.26. The summed E-state index contributed by atoms with van der Waals surface area (Å²) in [6, 6.07) is -0.587. The van der Waals surface area contributed by atoms with Crippen LogP contribution in [0.5, 0.6) is 0 Å². The van der Waals surface area contributed by atoms with E-state index in [1.54, 1.807) is 4.90 Å². The number of carbonyl (C=O) groups excluding carboxylic acids is 2. The number of urea groups is 1. The highest BCUT2D eigenvalue weighted by Crippen LogP contribution is 2.19. The van der Waals surface area contributed by atoms with Crippen molar-refractivity contribution < 1.29 is 9.59 Å². The molecule has 5 heteroatoms. The molecule has 0 aromatic carbocycles. The lowest BCUT2D eigenvalue weighted by atomic mass is 10.0. The molecule has 3 amide bonds. The Labute approximate surface area is 90.2 Å². The number of amides is 3. The van der Waals surface area contributed by atoms with E-state index in [0.717, 1.165) is 0 Å². The van der Waals surface area contributed by atoms with E-state index in [2.05, 4.69) is 10.6 Å². The third-order valence-electron chi connectivity index (χ3n) is 2.64. The van der Waals surface area contributed by atoms with E-state index in [0.29, 0.717) is 6.54 Å². The van der Waals surface area contributed by atoms with Gasteiger partial charge in [0.2, 0.25) is 0 Å². The van der Waals surface area contributed by atoms with E-state index in [1.165, 1.54) is 0 Å². The van der Waals surface area contributed by atoms with Gasteiger partial charge in [-0.1, -0.05) is 13.8 Å². The summed E-state index contributed by atoms with van der Waals surface area (Å²) < 4.78 is 0. The minimum absolute atomic E-state index is 0.0221. The molecule has 15 heavy (non-hydrogen) atoms. The third-order valence-corrected chi connectivity index (χ3v) is 2.64. The zero-order chi connectivity index (χ0) is 11.6. The van der Waals surface area contributed by atoms with E-state index in [9.17, 15) is 9.59 Å². The van der Waals surface area contributed by atoms with Gasteiger partial charge in [0.05, 0.1) is 0 Å². The molecule has 2 unspecified atom stereocenters. The molecule has 1 aliphatic heterocycles. The summed E-state index contributed by atoms with van der Waals surface area (Å²) in [4.78, 5) is 24.8. The van der Waals surface area contributed by atoms with Gasteiger partial charge in [0.25, 0.3) is 5.91 Å². The molecule has 2 atom stereocenters. The lowest BCUT2D eigenvalue weighted by Gasteiger charge is -2.30. The molecule has 0 bridgehead atoms. The maximum Gasteiger partial charge on any atom is 0.325 e. The van der Waals surface area contributed by atoms with Crippen LogP contribution in [0.25, 0.3) is 0 Å². The minimum atomic E-state index is -0.333. The Hall–Kier alpha value is -1.10.